The van der Waals surface area contributed by atoms with Gasteiger partial charge in [0, 0.05) is 28.0 Å². The molecule has 5 heteroatoms. The van der Waals surface area contributed by atoms with Gasteiger partial charge in [-0.15, -0.1) is 0 Å². The predicted octanol–water partition coefficient (Wildman–Crippen LogP) is 6.14. The van der Waals surface area contributed by atoms with E-state index in [4.69, 9.17) is 21.3 Å². The number of carbonyl (C=O) groups is 1. The third-order valence-electron chi connectivity index (χ3n) is 9.14. The molecule has 0 saturated carbocycles. The lowest BCUT2D eigenvalue weighted by molar-refractivity contribution is -0.0910. The molecule has 2 bridgehead atoms. The molecule has 0 N–H and O–H groups in total. The summed E-state index contributed by atoms with van der Waals surface area (Å²) in [6.07, 6.45) is 2.63. The zero-order valence-corrected chi connectivity index (χ0v) is 21.3. The Kier molecular flexibility index (Phi) is 4.73. The van der Waals surface area contributed by atoms with Crippen molar-refractivity contribution >= 4 is 27.7 Å². The fourth-order valence-corrected chi connectivity index (χ4v) is 7.94. The second-order valence-electron chi connectivity index (χ2n) is 10.4. The number of rotatable bonds is 1. The van der Waals surface area contributed by atoms with Crippen molar-refractivity contribution in [3.8, 4) is 5.75 Å². The van der Waals surface area contributed by atoms with Crippen LogP contribution >= 0.6 is 11.6 Å². The second kappa shape index (κ2) is 7.29. The maximum atomic E-state index is 12.8. The molecule has 4 atom stereocenters. The molecule has 4 aliphatic rings. The summed E-state index contributed by atoms with van der Waals surface area (Å²) in [5.41, 5.74) is 7.14. The van der Waals surface area contributed by atoms with Gasteiger partial charge in [0.05, 0.1) is 16.6 Å². The second-order valence-corrected chi connectivity index (χ2v) is 10.7. The van der Waals surface area contributed by atoms with Crippen LogP contribution in [0.1, 0.15) is 71.6 Å². The number of ether oxygens (including phenoxy) is 1. The van der Waals surface area contributed by atoms with Crippen molar-refractivity contribution in [3.05, 3.63) is 69.9 Å². The number of fused-ring (bicyclic) bond motifs is 3. The van der Waals surface area contributed by atoms with Gasteiger partial charge in [-0.2, -0.15) is 0 Å². The Morgan fingerprint density at radius 3 is 2.74 bits per heavy atom. The zero-order valence-electron chi connectivity index (χ0n) is 20.5. The van der Waals surface area contributed by atoms with Crippen LogP contribution in [0.2, 0.25) is 0 Å². The number of para-hydroxylation sites is 1. The minimum Gasteiger partial charge on any atom is -0.483 e. The van der Waals surface area contributed by atoms with E-state index in [1.54, 1.807) is 0 Å². The fourth-order valence-electron chi connectivity index (χ4n) is 7.72. The van der Waals surface area contributed by atoms with E-state index in [0.717, 1.165) is 53.7 Å². The summed E-state index contributed by atoms with van der Waals surface area (Å²) in [6.45, 7) is 9.60. The van der Waals surface area contributed by atoms with Gasteiger partial charge in [-0.3, -0.25) is 4.79 Å². The Hall–Kier alpha value is -2.43. The van der Waals surface area contributed by atoms with Crippen molar-refractivity contribution in [1.82, 2.24) is 9.88 Å². The van der Waals surface area contributed by atoms with E-state index in [1.807, 2.05) is 38.1 Å². The molecule has 2 aliphatic heterocycles. The van der Waals surface area contributed by atoms with Crippen LogP contribution in [0, 0.1) is 12.3 Å². The summed E-state index contributed by atoms with van der Waals surface area (Å²) in [5.74, 6) is 1.04. The first-order chi connectivity index (χ1) is 16.4. The lowest BCUT2D eigenvalue weighted by atomic mass is 9.44. The van der Waals surface area contributed by atoms with Crippen molar-refractivity contribution in [3.63, 3.8) is 0 Å². The van der Waals surface area contributed by atoms with Crippen LogP contribution in [-0.2, 0) is 18.3 Å². The number of hydrogen-bond acceptors (Lipinski definition) is 4. The quantitative estimate of drug-likeness (QED) is 0.397. The number of pyridine rings is 1. The molecule has 34 heavy (non-hydrogen) atoms. The highest BCUT2D eigenvalue weighted by Crippen LogP contribution is 2.71. The van der Waals surface area contributed by atoms with Gasteiger partial charge < -0.3 is 9.64 Å². The molecule has 1 aromatic heterocycles. The summed E-state index contributed by atoms with van der Waals surface area (Å²) in [5, 5.41) is 0.439. The van der Waals surface area contributed by atoms with E-state index in [1.165, 1.54) is 16.7 Å². The topological polar surface area (TPSA) is 42.4 Å². The number of piperidine rings is 1. The number of aryl methyl sites for hydroxylation is 1. The number of nitrogens with zero attached hydrogens (tertiary/aromatic N) is 2. The van der Waals surface area contributed by atoms with E-state index in [9.17, 15) is 4.79 Å². The molecule has 1 unspecified atom stereocenters. The Bertz CT molecular complexity index is 1370. The zero-order chi connectivity index (χ0) is 24.0. The molecule has 1 spiro atoms. The van der Waals surface area contributed by atoms with Crippen LogP contribution in [0.3, 0.4) is 0 Å². The van der Waals surface area contributed by atoms with E-state index in [-0.39, 0.29) is 16.9 Å². The fraction of sp³-hybridized carbons (Fsp3) is 0.448. The van der Waals surface area contributed by atoms with Gasteiger partial charge in [-0.25, -0.2) is 4.98 Å². The maximum Gasteiger partial charge on any atom is 0.253 e. The molecule has 0 radical (unpaired) electrons. The molecular formula is C29H31ClN2O2. The summed E-state index contributed by atoms with van der Waals surface area (Å²) in [7, 11) is 2.25. The van der Waals surface area contributed by atoms with Crippen LogP contribution in [0.25, 0.3) is 10.9 Å². The smallest absolute Gasteiger partial charge is 0.253 e. The third-order valence-corrected chi connectivity index (χ3v) is 9.33. The molecule has 2 aromatic carbocycles. The number of carbonyl (C=O) groups excluding carboxylic acids is 1. The highest BCUT2D eigenvalue weighted by Gasteiger charge is 2.70. The predicted molar refractivity (Wildman–Crippen MR) is 136 cm³/mol. The Labute approximate surface area is 206 Å². The molecular weight excluding hydrogens is 444 g/mol. The summed E-state index contributed by atoms with van der Waals surface area (Å²) < 4.78 is 6.88. The van der Waals surface area contributed by atoms with Crippen molar-refractivity contribution in [2.24, 2.45) is 5.41 Å². The van der Waals surface area contributed by atoms with Gasteiger partial charge in [0.25, 0.3) is 5.24 Å². The van der Waals surface area contributed by atoms with Crippen molar-refractivity contribution in [2.75, 3.05) is 13.6 Å². The lowest BCUT2D eigenvalue weighted by Gasteiger charge is -2.64. The number of benzene rings is 2. The minimum atomic E-state index is -0.402. The van der Waals surface area contributed by atoms with Crippen molar-refractivity contribution in [1.29, 1.82) is 0 Å². The van der Waals surface area contributed by atoms with Gasteiger partial charge in [-0.05, 0) is 74.1 Å². The first-order valence-corrected chi connectivity index (χ1v) is 12.9. The standard InChI is InChI=1S/C27H25ClN2O2.C2H6/c1-14-8-9-15-12-19-26(2)13-17-20(25(28)31)16-6-4-5-7-18(16)29-22(17)24-27(26,10-11-30(19)3)21(15)23(14)32-24;1-2/h4-9,19,24H,10-13H2,1-3H3;1-2H3/t19-,24?,26+,27+;/m1./s1. The van der Waals surface area contributed by atoms with E-state index in [0.29, 0.717) is 11.6 Å². The van der Waals surface area contributed by atoms with Gasteiger partial charge in [0.15, 0.2) is 6.10 Å². The lowest BCUT2D eigenvalue weighted by Crippen LogP contribution is -2.68. The Morgan fingerprint density at radius 1 is 1.21 bits per heavy atom. The van der Waals surface area contributed by atoms with E-state index >= 15 is 0 Å². The SMILES string of the molecule is CC.Cc1ccc2c3c1OC1c4nc5ccccc5c(C(=O)Cl)c4C[C@@]4(C)[C@@H](C2)N(C)CC[C@]314. The molecule has 0 amide bonds. The first-order valence-electron chi connectivity index (χ1n) is 12.5. The summed E-state index contributed by atoms with van der Waals surface area (Å²) in [4.78, 5) is 20.5. The molecule has 1 saturated heterocycles. The number of aromatic nitrogens is 1. The van der Waals surface area contributed by atoms with Crippen molar-refractivity contribution < 1.29 is 9.53 Å². The van der Waals surface area contributed by atoms with Gasteiger partial charge in [0.1, 0.15) is 5.75 Å². The number of hydrogen-bond donors (Lipinski definition) is 0. The monoisotopic (exact) mass is 474 g/mol. The molecule has 2 aliphatic carbocycles. The summed E-state index contributed by atoms with van der Waals surface area (Å²) in [6, 6.07) is 12.7. The van der Waals surface area contributed by atoms with E-state index < -0.39 is 5.24 Å². The van der Waals surface area contributed by atoms with Crippen LogP contribution < -0.4 is 4.74 Å². The molecule has 4 nitrogen and oxygen atoms in total. The minimum absolute atomic E-state index is 0.0745. The van der Waals surface area contributed by atoms with Gasteiger partial charge >= 0.3 is 0 Å². The average molecular weight is 475 g/mol. The van der Waals surface area contributed by atoms with Crippen LogP contribution in [0.4, 0.5) is 0 Å². The average Bonchev–Trinajstić information content (AvgIpc) is 3.18. The highest BCUT2D eigenvalue weighted by atomic mass is 35.5. The normalized spacial score (nSPS) is 30.1. The highest BCUT2D eigenvalue weighted by molar-refractivity contribution is 6.68. The maximum absolute atomic E-state index is 12.8. The number of halogens is 1. The molecule has 7 rings (SSSR count). The van der Waals surface area contributed by atoms with Crippen LogP contribution in [0.15, 0.2) is 36.4 Å². The molecule has 3 heterocycles. The third kappa shape index (κ3) is 2.43. The molecule has 1 fully saturated rings. The van der Waals surface area contributed by atoms with Gasteiger partial charge in [-0.1, -0.05) is 51.1 Å². The molecule has 3 aromatic rings. The van der Waals surface area contributed by atoms with Crippen molar-refractivity contribution in [2.45, 2.75) is 64.5 Å². The Morgan fingerprint density at radius 2 is 1.97 bits per heavy atom. The first kappa shape index (κ1) is 22.1. The van der Waals surface area contributed by atoms with Crippen LogP contribution in [0.5, 0.6) is 5.75 Å². The number of likely N-dealkylation sites (N-methyl/N-ethyl adjacent to an activating group) is 1. The number of likely N-dealkylation sites (tertiary alicyclic amines) is 1. The van der Waals surface area contributed by atoms with E-state index in [2.05, 4.69) is 37.9 Å². The largest absolute Gasteiger partial charge is 0.483 e. The Balaban J connectivity index is 0.00000106. The van der Waals surface area contributed by atoms with Gasteiger partial charge in [0.2, 0.25) is 0 Å². The summed E-state index contributed by atoms with van der Waals surface area (Å²) >= 11 is 6.25. The van der Waals surface area contributed by atoms with Crippen LogP contribution in [-0.4, -0.2) is 34.8 Å². The molecule has 176 valence electrons.